The molecule has 16 heavy (non-hydrogen) atoms. The molecule has 0 saturated carbocycles. The number of halogens is 2. The van der Waals surface area contributed by atoms with Gasteiger partial charge in [-0.15, -0.1) is 0 Å². The fraction of sp³-hybridized carbons (Fsp3) is 0.364. The Hall–Kier alpha value is -1.49. The Kier molecular flexibility index (Phi) is 4.37. The maximum atomic E-state index is 12.8. The number of benzene rings is 1. The number of carbonyl (C=O) groups is 1. The van der Waals surface area contributed by atoms with E-state index in [-0.39, 0.29) is 18.0 Å². The second-order valence-electron chi connectivity index (χ2n) is 3.35. The van der Waals surface area contributed by atoms with Gasteiger partial charge in [-0.25, -0.2) is 8.78 Å². The van der Waals surface area contributed by atoms with E-state index < -0.39 is 17.7 Å². The van der Waals surface area contributed by atoms with Crippen molar-refractivity contribution in [2.24, 2.45) is 0 Å². The van der Waals surface area contributed by atoms with E-state index in [1.165, 1.54) is 6.07 Å². The highest BCUT2D eigenvalue weighted by atomic mass is 19.2. The molecule has 0 bridgehead atoms. The van der Waals surface area contributed by atoms with Gasteiger partial charge in [-0.05, 0) is 17.7 Å². The molecule has 0 aliphatic heterocycles. The lowest BCUT2D eigenvalue weighted by Gasteiger charge is -2.11. The van der Waals surface area contributed by atoms with Gasteiger partial charge in [0.15, 0.2) is 11.6 Å². The molecule has 3 nitrogen and oxygen atoms in total. The van der Waals surface area contributed by atoms with Crippen LogP contribution in [-0.4, -0.2) is 17.6 Å². The van der Waals surface area contributed by atoms with Crippen LogP contribution in [-0.2, 0) is 4.79 Å². The van der Waals surface area contributed by atoms with E-state index in [0.29, 0.717) is 6.42 Å². The van der Waals surface area contributed by atoms with Crippen molar-refractivity contribution in [1.29, 1.82) is 0 Å². The molecular weight excluding hydrogens is 216 g/mol. The molecule has 1 unspecified atom stereocenters. The number of hydrogen-bond acceptors (Lipinski definition) is 2. The van der Waals surface area contributed by atoms with Crippen LogP contribution in [0.15, 0.2) is 18.2 Å². The number of rotatable bonds is 4. The summed E-state index contributed by atoms with van der Waals surface area (Å²) in [5, 5.41) is 12.0. The summed E-state index contributed by atoms with van der Waals surface area (Å²) in [5.74, 6) is -2.19. The molecule has 0 heterocycles. The van der Waals surface area contributed by atoms with Crippen molar-refractivity contribution in [2.45, 2.75) is 19.4 Å². The molecule has 1 atom stereocenters. The Morgan fingerprint density at radius 3 is 2.69 bits per heavy atom. The molecule has 0 aromatic heterocycles. The van der Waals surface area contributed by atoms with Gasteiger partial charge in [-0.1, -0.05) is 13.0 Å². The zero-order valence-corrected chi connectivity index (χ0v) is 8.84. The molecule has 2 N–H and O–H groups in total. The molecule has 1 rings (SSSR count). The second-order valence-corrected chi connectivity index (χ2v) is 3.35. The maximum absolute atomic E-state index is 12.8. The molecule has 0 aliphatic rings. The second kappa shape index (κ2) is 5.55. The van der Waals surface area contributed by atoms with Crippen LogP contribution in [0.1, 0.15) is 25.0 Å². The maximum Gasteiger partial charge on any atom is 0.219 e. The molecule has 0 fully saturated rings. The van der Waals surface area contributed by atoms with E-state index in [1.54, 1.807) is 6.92 Å². The Morgan fingerprint density at radius 2 is 2.12 bits per heavy atom. The number of aliphatic hydroxyl groups is 1. The summed E-state index contributed by atoms with van der Waals surface area (Å²) in [4.78, 5) is 10.9. The zero-order chi connectivity index (χ0) is 12.1. The van der Waals surface area contributed by atoms with Crippen molar-refractivity contribution in [1.82, 2.24) is 5.32 Å². The first kappa shape index (κ1) is 12.6. The highest BCUT2D eigenvalue weighted by molar-refractivity contribution is 5.75. The minimum atomic E-state index is -1.04. The molecule has 0 radical (unpaired) electrons. The third-order valence-electron chi connectivity index (χ3n) is 2.14. The summed E-state index contributed by atoms with van der Waals surface area (Å²) >= 11 is 0. The van der Waals surface area contributed by atoms with E-state index >= 15 is 0 Å². The van der Waals surface area contributed by atoms with Gasteiger partial charge in [-0.2, -0.15) is 0 Å². The van der Waals surface area contributed by atoms with Crippen LogP contribution in [0.2, 0.25) is 0 Å². The van der Waals surface area contributed by atoms with Crippen molar-refractivity contribution < 1.29 is 18.7 Å². The first-order chi connectivity index (χ1) is 7.54. The Bertz CT molecular complexity index is 382. The average molecular weight is 229 g/mol. The van der Waals surface area contributed by atoms with Crippen molar-refractivity contribution >= 4 is 5.91 Å². The van der Waals surface area contributed by atoms with Crippen LogP contribution < -0.4 is 5.32 Å². The summed E-state index contributed by atoms with van der Waals surface area (Å²) in [6, 6.07) is 3.13. The lowest BCUT2D eigenvalue weighted by molar-refractivity contribution is -0.121. The summed E-state index contributed by atoms with van der Waals surface area (Å²) in [7, 11) is 0. The molecule has 1 aromatic rings. The van der Waals surface area contributed by atoms with Crippen LogP contribution in [0.4, 0.5) is 8.78 Å². The van der Waals surface area contributed by atoms with Gasteiger partial charge >= 0.3 is 0 Å². The van der Waals surface area contributed by atoms with Crippen LogP contribution in [0.5, 0.6) is 0 Å². The summed E-state index contributed by atoms with van der Waals surface area (Å²) in [5.41, 5.74) is 0.232. The van der Waals surface area contributed by atoms with Crippen molar-refractivity contribution in [3.05, 3.63) is 35.4 Å². The first-order valence-electron chi connectivity index (χ1n) is 4.94. The molecule has 1 aromatic carbocycles. The molecule has 1 amide bonds. The van der Waals surface area contributed by atoms with Gasteiger partial charge in [0.25, 0.3) is 0 Å². The van der Waals surface area contributed by atoms with Gasteiger partial charge in [0.05, 0.1) is 6.10 Å². The lowest BCUT2D eigenvalue weighted by Crippen LogP contribution is -2.27. The van der Waals surface area contributed by atoms with Crippen molar-refractivity contribution in [3.63, 3.8) is 0 Å². The third kappa shape index (κ3) is 3.27. The average Bonchev–Trinajstić information content (AvgIpc) is 2.29. The van der Waals surface area contributed by atoms with E-state index in [4.69, 9.17) is 0 Å². The third-order valence-corrected chi connectivity index (χ3v) is 2.14. The van der Waals surface area contributed by atoms with Gasteiger partial charge < -0.3 is 10.4 Å². The SMILES string of the molecule is CCC(=O)NCC(O)c1ccc(F)c(F)c1. The number of amides is 1. The molecule has 0 saturated heterocycles. The van der Waals surface area contributed by atoms with Crippen molar-refractivity contribution in [3.8, 4) is 0 Å². The number of hydrogen-bond donors (Lipinski definition) is 2. The number of carbonyl (C=O) groups excluding carboxylic acids is 1. The van der Waals surface area contributed by atoms with E-state index in [0.717, 1.165) is 12.1 Å². The summed E-state index contributed by atoms with van der Waals surface area (Å²) in [6.07, 6.45) is -0.726. The van der Waals surface area contributed by atoms with E-state index in [9.17, 15) is 18.7 Å². The minimum absolute atomic E-state index is 0.0161. The summed E-state index contributed by atoms with van der Waals surface area (Å²) < 4.78 is 25.4. The normalized spacial score (nSPS) is 12.2. The molecule has 5 heteroatoms. The van der Waals surface area contributed by atoms with Crippen LogP contribution in [0, 0.1) is 11.6 Å². The van der Waals surface area contributed by atoms with Gasteiger partial charge in [0, 0.05) is 13.0 Å². The monoisotopic (exact) mass is 229 g/mol. The van der Waals surface area contributed by atoms with Crippen LogP contribution in [0.3, 0.4) is 0 Å². The summed E-state index contributed by atoms with van der Waals surface area (Å²) in [6.45, 7) is 1.66. The first-order valence-corrected chi connectivity index (χ1v) is 4.94. The highest BCUT2D eigenvalue weighted by Gasteiger charge is 2.11. The molecule has 0 spiro atoms. The standard InChI is InChI=1S/C11H13F2NO2/c1-2-11(16)14-6-10(15)7-3-4-8(12)9(13)5-7/h3-5,10,15H,2,6H2,1H3,(H,14,16). The van der Waals surface area contributed by atoms with Crippen LogP contribution in [0.25, 0.3) is 0 Å². The van der Waals surface area contributed by atoms with Gasteiger partial charge in [0.2, 0.25) is 5.91 Å². The smallest absolute Gasteiger partial charge is 0.219 e. The van der Waals surface area contributed by atoms with Crippen molar-refractivity contribution in [2.75, 3.05) is 6.54 Å². The predicted molar refractivity (Wildman–Crippen MR) is 54.6 cm³/mol. The molecule has 88 valence electrons. The largest absolute Gasteiger partial charge is 0.387 e. The minimum Gasteiger partial charge on any atom is -0.387 e. The van der Waals surface area contributed by atoms with Crippen LogP contribution >= 0.6 is 0 Å². The fourth-order valence-electron chi connectivity index (χ4n) is 1.17. The highest BCUT2D eigenvalue weighted by Crippen LogP contribution is 2.15. The topological polar surface area (TPSA) is 49.3 Å². The number of nitrogens with one attached hydrogen (secondary N) is 1. The Morgan fingerprint density at radius 1 is 1.44 bits per heavy atom. The van der Waals surface area contributed by atoms with E-state index in [1.807, 2.05) is 0 Å². The molecular formula is C11H13F2NO2. The Balaban J connectivity index is 2.62. The number of aliphatic hydroxyl groups excluding tert-OH is 1. The van der Waals surface area contributed by atoms with Gasteiger partial charge in [-0.3, -0.25) is 4.79 Å². The quantitative estimate of drug-likeness (QED) is 0.822. The Labute approximate surface area is 92.1 Å². The zero-order valence-electron chi connectivity index (χ0n) is 8.84. The molecule has 0 aliphatic carbocycles. The predicted octanol–water partition coefficient (Wildman–Crippen LogP) is 1.52. The lowest BCUT2D eigenvalue weighted by atomic mass is 10.1. The van der Waals surface area contributed by atoms with Gasteiger partial charge in [0.1, 0.15) is 0 Å². The van der Waals surface area contributed by atoms with E-state index in [2.05, 4.69) is 5.32 Å². The fourth-order valence-corrected chi connectivity index (χ4v) is 1.17.